The van der Waals surface area contributed by atoms with E-state index in [0.29, 0.717) is 6.54 Å². The molecule has 3 rings (SSSR count). The Bertz CT molecular complexity index is 629. The smallest absolute Gasteiger partial charge is 0.249 e. The van der Waals surface area contributed by atoms with Crippen LogP contribution in [-0.4, -0.2) is 41.9 Å². The Morgan fingerprint density at radius 2 is 1.92 bits per heavy atom. The second-order valence-electron chi connectivity index (χ2n) is 7.74. The maximum atomic E-state index is 13.1. The molecule has 1 aliphatic carbocycles. The number of hydrogen-bond donors (Lipinski definition) is 1. The number of rotatable bonds is 3. The van der Waals surface area contributed by atoms with Crippen molar-refractivity contribution in [3.63, 3.8) is 0 Å². The van der Waals surface area contributed by atoms with Gasteiger partial charge in [0.05, 0.1) is 5.92 Å². The van der Waals surface area contributed by atoms with Gasteiger partial charge < -0.3 is 15.5 Å². The third-order valence-corrected chi connectivity index (χ3v) is 5.85. The molecule has 3 unspecified atom stereocenters. The first-order valence-electron chi connectivity index (χ1n) is 9.34. The molecule has 1 aliphatic heterocycles. The molecule has 1 saturated carbocycles. The Kier molecular flexibility index (Phi) is 5.13. The van der Waals surface area contributed by atoms with Crippen LogP contribution < -0.4 is 10.6 Å². The predicted octanol–water partition coefficient (Wildman–Crippen LogP) is 2.55. The molecule has 0 aromatic heterocycles. The van der Waals surface area contributed by atoms with Gasteiger partial charge in [0.25, 0.3) is 0 Å². The van der Waals surface area contributed by atoms with Crippen LogP contribution in [0, 0.1) is 5.92 Å². The first kappa shape index (κ1) is 17.9. The number of carbonyl (C=O) groups is 2. The highest BCUT2D eigenvalue weighted by molar-refractivity contribution is 6.00. The zero-order valence-corrected chi connectivity index (χ0v) is 15.3. The van der Waals surface area contributed by atoms with Gasteiger partial charge in [-0.15, -0.1) is 0 Å². The molecule has 0 spiro atoms. The van der Waals surface area contributed by atoms with Crippen molar-refractivity contribution < 1.29 is 9.59 Å². The van der Waals surface area contributed by atoms with Crippen molar-refractivity contribution in [3.8, 4) is 0 Å². The molecule has 136 valence electrons. The van der Waals surface area contributed by atoms with Crippen molar-refractivity contribution in [2.24, 2.45) is 11.7 Å². The SMILES string of the molecule is CN(C(=O)C1CCCCC1(C)N)C1CCCN(c2ccccc2)C1=O. The molecule has 2 fully saturated rings. The number of hydrogen-bond acceptors (Lipinski definition) is 3. The molecule has 5 heteroatoms. The topological polar surface area (TPSA) is 66.6 Å². The van der Waals surface area contributed by atoms with Crippen molar-refractivity contribution in [1.29, 1.82) is 0 Å². The number of nitrogens with two attached hydrogens (primary N) is 1. The summed E-state index contributed by atoms with van der Waals surface area (Å²) < 4.78 is 0. The number of amides is 2. The van der Waals surface area contributed by atoms with E-state index in [-0.39, 0.29) is 23.8 Å². The third-order valence-electron chi connectivity index (χ3n) is 5.85. The average Bonchev–Trinajstić information content (AvgIpc) is 2.61. The minimum Gasteiger partial charge on any atom is -0.333 e. The molecule has 2 amide bonds. The van der Waals surface area contributed by atoms with Gasteiger partial charge in [-0.1, -0.05) is 31.0 Å². The third kappa shape index (κ3) is 3.56. The second-order valence-corrected chi connectivity index (χ2v) is 7.74. The largest absolute Gasteiger partial charge is 0.333 e. The van der Waals surface area contributed by atoms with E-state index in [9.17, 15) is 9.59 Å². The van der Waals surface area contributed by atoms with Gasteiger partial charge in [0.2, 0.25) is 11.8 Å². The fourth-order valence-electron chi connectivity index (χ4n) is 4.24. The van der Waals surface area contributed by atoms with Crippen LogP contribution in [0.15, 0.2) is 30.3 Å². The van der Waals surface area contributed by atoms with Gasteiger partial charge >= 0.3 is 0 Å². The van der Waals surface area contributed by atoms with E-state index in [1.54, 1.807) is 16.8 Å². The lowest BCUT2D eigenvalue weighted by atomic mass is 9.74. The van der Waals surface area contributed by atoms with E-state index in [0.717, 1.165) is 44.2 Å². The quantitative estimate of drug-likeness (QED) is 0.917. The molecule has 2 aliphatic rings. The standard InChI is InChI=1S/C20H29N3O2/c1-20(21)13-7-6-11-16(20)18(24)22(2)17-12-8-14-23(19(17)25)15-9-4-3-5-10-15/h3-5,9-10,16-17H,6-8,11-14,21H2,1-2H3. The Balaban J connectivity index is 1.76. The molecule has 3 atom stereocenters. The Morgan fingerprint density at radius 1 is 1.20 bits per heavy atom. The summed E-state index contributed by atoms with van der Waals surface area (Å²) in [6.45, 7) is 2.68. The Hall–Kier alpha value is -1.88. The number of para-hydroxylation sites is 1. The highest BCUT2D eigenvalue weighted by Crippen LogP contribution is 2.34. The number of piperidine rings is 1. The number of nitrogens with zero attached hydrogens (tertiary/aromatic N) is 2. The summed E-state index contributed by atoms with van der Waals surface area (Å²) in [7, 11) is 1.77. The zero-order chi connectivity index (χ0) is 18.0. The van der Waals surface area contributed by atoms with E-state index in [1.165, 1.54) is 0 Å². The van der Waals surface area contributed by atoms with E-state index >= 15 is 0 Å². The average molecular weight is 343 g/mol. The minimum absolute atomic E-state index is 0.0165. The lowest BCUT2D eigenvalue weighted by Crippen LogP contribution is -2.58. The van der Waals surface area contributed by atoms with E-state index in [4.69, 9.17) is 5.73 Å². The first-order chi connectivity index (χ1) is 11.9. The molecular weight excluding hydrogens is 314 g/mol. The van der Waals surface area contributed by atoms with Gasteiger partial charge in [-0.2, -0.15) is 0 Å². The lowest BCUT2D eigenvalue weighted by Gasteiger charge is -2.42. The van der Waals surface area contributed by atoms with Crippen LogP contribution in [0.3, 0.4) is 0 Å². The van der Waals surface area contributed by atoms with Gasteiger partial charge in [-0.3, -0.25) is 9.59 Å². The Morgan fingerprint density at radius 3 is 2.60 bits per heavy atom. The molecule has 0 bridgehead atoms. The minimum atomic E-state index is -0.472. The molecule has 1 aromatic rings. The highest BCUT2D eigenvalue weighted by Gasteiger charge is 2.42. The summed E-state index contributed by atoms with van der Waals surface area (Å²) in [5.41, 5.74) is 6.83. The summed E-state index contributed by atoms with van der Waals surface area (Å²) in [4.78, 5) is 29.6. The highest BCUT2D eigenvalue weighted by atomic mass is 16.2. The molecule has 25 heavy (non-hydrogen) atoms. The maximum Gasteiger partial charge on any atom is 0.249 e. The number of benzene rings is 1. The van der Waals surface area contributed by atoms with Crippen molar-refractivity contribution >= 4 is 17.5 Å². The summed E-state index contributed by atoms with van der Waals surface area (Å²) >= 11 is 0. The van der Waals surface area contributed by atoms with Crippen LogP contribution in [-0.2, 0) is 9.59 Å². The van der Waals surface area contributed by atoms with Gasteiger partial charge in [0, 0.05) is 24.8 Å². The lowest BCUT2D eigenvalue weighted by molar-refractivity contribution is -0.144. The zero-order valence-electron chi connectivity index (χ0n) is 15.3. The van der Waals surface area contributed by atoms with Gasteiger partial charge in [-0.05, 0) is 44.7 Å². The fourth-order valence-corrected chi connectivity index (χ4v) is 4.24. The van der Waals surface area contributed by atoms with Crippen LogP contribution in [0.4, 0.5) is 5.69 Å². The maximum absolute atomic E-state index is 13.1. The van der Waals surface area contributed by atoms with Gasteiger partial charge in [-0.25, -0.2) is 0 Å². The monoisotopic (exact) mass is 343 g/mol. The second kappa shape index (κ2) is 7.16. The summed E-state index contributed by atoms with van der Waals surface area (Å²) in [6.07, 6.45) is 5.41. The number of anilines is 1. The van der Waals surface area contributed by atoms with Crippen LogP contribution >= 0.6 is 0 Å². The molecule has 5 nitrogen and oxygen atoms in total. The van der Waals surface area contributed by atoms with Crippen molar-refractivity contribution in [2.45, 2.75) is 57.0 Å². The summed E-state index contributed by atoms with van der Waals surface area (Å²) in [5, 5.41) is 0. The fraction of sp³-hybridized carbons (Fsp3) is 0.600. The normalized spacial score (nSPS) is 30.2. The van der Waals surface area contributed by atoms with Crippen LogP contribution in [0.25, 0.3) is 0 Å². The van der Waals surface area contributed by atoms with E-state index in [2.05, 4.69) is 0 Å². The van der Waals surface area contributed by atoms with Crippen molar-refractivity contribution in [1.82, 2.24) is 4.90 Å². The molecule has 0 radical (unpaired) electrons. The van der Waals surface area contributed by atoms with E-state index < -0.39 is 5.54 Å². The van der Waals surface area contributed by atoms with Crippen LogP contribution in [0.1, 0.15) is 45.4 Å². The Labute approximate surface area is 150 Å². The summed E-state index contributed by atoms with van der Waals surface area (Å²) in [5.74, 6) is -0.146. The summed E-state index contributed by atoms with van der Waals surface area (Å²) in [6, 6.07) is 9.31. The molecule has 1 saturated heterocycles. The van der Waals surface area contributed by atoms with Gasteiger partial charge in [0.1, 0.15) is 6.04 Å². The number of carbonyl (C=O) groups excluding carboxylic acids is 2. The van der Waals surface area contributed by atoms with Gasteiger partial charge in [0.15, 0.2) is 0 Å². The van der Waals surface area contributed by atoms with Crippen LogP contribution in [0.2, 0.25) is 0 Å². The molecule has 2 N–H and O–H groups in total. The number of likely N-dealkylation sites (N-methyl/N-ethyl adjacent to an activating group) is 1. The molecular formula is C20H29N3O2. The van der Waals surface area contributed by atoms with Crippen molar-refractivity contribution in [3.05, 3.63) is 30.3 Å². The van der Waals surface area contributed by atoms with Crippen LogP contribution in [0.5, 0.6) is 0 Å². The molecule has 1 heterocycles. The predicted molar refractivity (Wildman–Crippen MR) is 99.1 cm³/mol. The van der Waals surface area contributed by atoms with Crippen molar-refractivity contribution in [2.75, 3.05) is 18.5 Å². The first-order valence-corrected chi connectivity index (χ1v) is 9.34. The van der Waals surface area contributed by atoms with E-state index in [1.807, 2.05) is 37.3 Å². The molecule has 1 aromatic carbocycles.